The van der Waals surface area contributed by atoms with E-state index in [1.165, 1.54) is 17.7 Å². The first-order valence-electron chi connectivity index (χ1n) is 6.75. The molecule has 0 aliphatic carbocycles. The molecular weight excluding hydrogens is 260 g/mol. The Morgan fingerprint density at radius 1 is 1.39 bits per heavy atom. The standard InChI is InChI=1S/C14H22N2S2/c1-4-11(12-8-7-9-17-12)15-13-16-14(5-2,6-3)10-18-13/h7-9,11H,4-6,10H2,1-3H3,(H,15,16). The van der Waals surface area contributed by atoms with Crippen LogP contribution in [0.2, 0.25) is 0 Å². The Kier molecular flexibility index (Phi) is 4.73. The van der Waals surface area contributed by atoms with E-state index < -0.39 is 0 Å². The van der Waals surface area contributed by atoms with Gasteiger partial charge in [-0.3, -0.25) is 4.99 Å². The Balaban J connectivity index is 2.10. The fraction of sp³-hybridized carbons (Fsp3) is 0.643. The van der Waals surface area contributed by atoms with Gasteiger partial charge in [0.1, 0.15) is 0 Å². The number of thiophene rings is 1. The van der Waals surface area contributed by atoms with Crippen molar-refractivity contribution in [3.63, 3.8) is 0 Å². The minimum Gasteiger partial charge on any atom is -0.359 e. The van der Waals surface area contributed by atoms with Gasteiger partial charge in [-0.05, 0) is 30.7 Å². The summed E-state index contributed by atoms with van der Waals surface area (Å²) in [5, 5.41) is 6.92. The molecule has 0 bridgehead atoms. The number of amidine groups is 1. The molecule has 1 fully saturated rings. The van der Waals surface area contributed by atoms with Crippen molar-refractivity contribution in [2.45, 2.75) is 51.6 Å². The lowest BCUT2D eigenvalue weighted by Crippen LogP contribution is -2.42. The van der Waals surface area contributed by atoms with E-state index >= 15 is 0 Å². The highest BCUT2D eigenvalue weighted by Crippen LogP contribution is 2.32. The summed E-state index contributed by atoms with van der Waals surface area (Å²) in [7, 11) is 0. The first-order valence-corrected chi connectivity index (χ1v) is 8.61. The Hall–Kier alpha value is -0.480. The highest BCUT2D eigenvalue weighted by molar-refractivity contribution is 8.14. The van der Waals surface area contributed by atoms with Crippen molar-refractivity contribution in [1.82, 2.24) is 5.32 Å². The van der Waals surface area contributed by atoms with E-state index in [1.807, 2.05) is 11.8 Å². The van der Waals surface area contributed by atoms with Crippen molar-refractivity contribution in [3.8, 4) is 0 Å². The Morgan fingerprint density at radius 2 is 2.17 bits per heavy atom. The van der Waals surface area contributed by atoms with Gasteiger partial charge in [0.2, 0.25) is 0 Å². The smallest absolute Gasteiger partial charge is 0.157 e. The monoisotopic (exact) mass is 282 g/mol. The van der Waals surface area contributed by atoms with Gasteiger partial charge >= 0.3 is 0 Å². The van der Waals surface area contributed by atoms with Crippen LogP contribution in [0.15, 0.2) is 22.5 Å². The van der Waals surface area contributed by atoms with Crippen molar-refractivity contribution < 1.29 is 0 Å². The van der Waals surface area contributed by atoms with Crippen LogP contribution < -0.4 is 5.32 Å². The SMILES string of the molecule is CCC(N=C1NC(CC)(CC)CS1)c1cccs1. The van der Waals surface area contributed by atoms with Crippen LogP contribution in [0.1, 0.15) is 51.0 Å². The summed E-state index contributed by atoms with van der Waals surface area (Å²) in [4.78, 5) is 6.28. The van der Waals surface area contributed by atoms with Crippen LogP contribution in [-0.2, 0) is 0 Å². The van der Waals surface area contributed by atoms with Gasteiger partial charge in [0.25, 0.3) is 0 Å². The first kappa shape index (κ1) is 13.9. The molecule has 4 heteroatoms. The molecule has 0 aromatic carbocycles. The zero-order chi connectivity index (χ0) is 13.0. The number of nitrogens with one attached hydrogen (secondary N) is 1. The van der Waals surface area contributed by atoms with E-state index in [0.717, 1.165) is 17.3 Å². The molecule has 1 atom stereocenters. The predicted octanol–water partition coefficient (Wildman–Crippen LogP) is 4.45. The number of hydrogen-bond acceptors (Lipinski definition) is 3. The lowest BCUT2D eigenvalue weighted by Gasteiger charge is -2.25. The molecule has 1 aromatic heterocycles. The molecule has 0 amide bonds. The van der Waals surface area contributed by atoms with Crippen molar-refractivity contribution >= 4 is 28.3 Å². The molecule has 1 saturated heterocycles. The number of rotatable bonds is 5. The third-order valence-corrected chi connectivity index (χ3v) is 5.89. The van der Waals surface area contributed by atoms with Gasteiger partial charge in [-0.25, -0.2) is 0 Å². The van der Waals surface area contributed by atoms with Crippen LogP contribution in [-0.4, -0.2) is 16.5 Å². The van der Waals surface area contributed by atoms with Crippen LogP contribution in [0.5, 0.6) is 0 Å². The molecule has 1 unspecified atom stereocenters. The zero-order valence-corrected chi connectivity index (χ0v) is 13.0. The molecule has 100 valence electrons. The molecule has 0 saturated carbocycles. The summed E-state index contributed by atoms with van der Waals surface area (Å²) in [6.07, 6.45) is 3.41. The van der Waals surface area contributed by atoms with Gasteiger partial charge in [0.15, 0.2) is 5.17 Å². The second-order valence-electron chi connectivity index (χ2n) is 4.77. The van der Waals surface area contributed by atoms with Crippen LogP contribution in [0.25, 0.3) is 0 Å². The molecule has 1 aromatic rings. The third kappa shape index (κ3) is 2.91. The minimum atomic E-state index is 0.275. The van der Waals surface area contributed by atoms with Crippen molar-refractivity contribution in [3.05, 3.63) is 22.4 Å². The molecule has 18 heavy (non-hydrogen) atoms. The average molecular weight is 282 g/mol. The topological polar surface area (TPSA) is 24.4 Å². The van der Waals surface area contributed by atoms with Gasteiger partial charge in [0, 0.05) is 16.2 Å². The number of aliphatic imine (C=N–C) groups is 1. The quantitative estimate of drug-likeness (QED) is 0.863. The molecule has 1 aliphatic heterocycles. The van der Waals surface area contributed by atoms with Crippen LogP contribution in [0.4, 0.5) is 0 Å². The Morgan fingerprint density at radius 3 is 2.67 bits per heavy atom. The molecule has 1 N–H and O–H groups in total. The van der Waals surface area contributed by atoms with Crippen molar-refractivity contribution in [2.75, 3.05) is 5.75 Å². The fourth-order valence-electron chi connectivity index (χ4n) is 2.18. The minimum absolute atomic E-state index is 0.275. The second kappa shape index (κ2) is 6.11. The molecule has 0 spiro atoms. The van der Waals surface area contributed by atoms with E-state index in [9.17, 15) is 0 Å². The number of thioether (sulfide) groups is 1. The highest BCUT2D eigenvalue weighted by Gasteiger charge is 2.34. The van der Waals surface area contributed by atoms with Crippen molar-refractivity contribution in [2.24, 2.45) is 4.99 Å². The summed E-state index contributed by atoms with van der Waals surface area (Å²) in [5.74, 6) is 1.15. The lowest BCUT2D eigenvalue weighted by atomic mass is 9.96. The van der Waals surface area contributed by atoms with Crippen LogP contribution >= 0.6 is 23.1 Å². The maximum atomic E-state index is 4.91. The number of hydrogen-bond donors (Lipinski definition) is 1. The predicted molar refractivity (Wildman–Crippen MR) is 83.7 cm³/mol. The molecule has 1 aliphatic rings. The highest BCUT2D eigenvalue weighted by atomic mass is 32.2. The summed E-state index contributed by atoms with van der Waals surface area (Å²) >= 11 is 3.69. The third-order valence-electron chi connectivity index (χ3n) is 3.74. The average Bonchev–Trinajstić information content (AvgIpc) is 3.06. The largest absolute Gasteiger partial charge is 0.359 e. The Bertz CT molecular complexity index is 394. The van der Waals surface area contributed by atoms with Gasteiger partial charge in [0.05, 0.1) is 6.04 Å². The summed E-state index contributed by atoms with van der Waals surface area (Å²) in [6.45, 7) is 6.73. The van der Waals surface area contributed by atoms with Gasteiger partial charge in [-0.2, -0.15) is 0 Å². The molecule has 2 rings (SSSR count). The summed E-state index contributed by atoms with van der Waals surface area (Å²) < 4.78 is 0. The normalized spacial score (nSPS) is 22.1. The number of nitrogens with zero attached hydrogens (tertiary/aromatic N) is 1. The lowest BCUT2D eigenvalue weighted by molar-refractivity contribution is 0.407. The van der Waals surface area contributed by atoms with E-state index in [2.05, 4.69) is 43.6 Å². The maximum absolute atomic E-state index is 4.91. The fourth-order valence-corrected chi connectivity index (χ4v) is 4.42. The van der Waals surface area contributed by atoms with Crippen LogP contribution in [0, 0.1) is 0 Å². The Labute approximate surface area is 118 Å². The van der Waals surface area contributed by atoms with Gasteiger partial charge < -0.3 is 5.32 Å². The maximum Gasteiger partial charge on any atom is 0.157 e. The van der Waals surface area contributed by atoms with E-state index in [-0.39, 0.29) is 5.54 Å². The van der Waals surface area contributed by atoms with Gasteiger partial charge in [-0.15, -0.1) is 11.3 Å². The molecule has 0 radical (unpaired) electrons. The van der Waals surface area contributed by atoms with E-state index in [0.29, 0.717) is 6.04 Å². The first-order chi connectivity index (χ1) is 8.73. The molecule has 2 heterocycles. The van der Waals surface area contributed by atoms with Gasteiger partial charge in [-0.1, -0.05) is 38.6 Å². The molecular formula is C14H22N2S2. The summed E-state index contributed by atoms with van der Waals surface area (Å²) in [5.41, 5.74) is 0.275. The van der Waals surface area contributed by atoms with Crippen molar-refractivity contribution in [1.29, 1.82) is 0 Å². The van der Waals surface area contributed by atoms with E-state index in [1.54, 1.807) is 11.3 Å². The molecule has 2 nitrogen and oxygen atoms in total. The van der Waals surface area contributed by atoms with E-state index in [4.69, 9.17) is 4.99 Å². The zero-order valence-electron chi connectivity index (χ0n) is 11.4. The second-order valence-corrected chi connectivity index (χ2v) is 6.72. The van der Waals surface area contributed by atoms with Crippen LogP contribution in [0.3, 0.4) is 0 Å². The summed E-state index contributed by atoms with van der Waals surface area (Å²) in [6, 6.07) is 4.63.